The van der Waals surface area contributed by atoms with Crippen LogP contribution in [0.25, 0.3) is 6.08 Å². The van der Waals surface area contributed by atoms with E-state index in [4.69, 9.17) is 4.74 Å². The smallest absolute Gasteiger partial charge is 0.283 e. The monoisotopic (exact) mass is 491 g/mol. The Hall–Kier alpha value is -3.06. The number of carbonyl (C=O) groups excluding carboxylic acids is 2. The second-order valence-corrected chi connectivity index (χ2v) is 10.2. The summed E-state index contributed by atoms with van der Waals surface area (Å²) in [4.78, 5) is 34.7. The zero-order valence-electron chi connectivity index (χ0n) is 20.9. The maximum Gasteiger partial charge on any atom is 0.283 e. The predicted octanol–water partition coefficient (Wildman–Crippen LogP) is 5.58. The number of aryl methyl sites for hydroxylation is 2. The van der Waals surface area contributed by atoms with E-state index in [0.29, 0.717) is 16.9 Å². The molecule has 2 amide bonds. The van der Waals surface area contributed by atoms with E-state index in [1.807, 2.05) is 62.2 Å². The van der Waals surface area contributed by atoms with Crippen LogP contribution in [0.15, 0.2) is 53.2 Å². The number of aliphatic imine (C=N–C) groups is 1. The van der Waals surface area contributed by atoms with Crippen LogP contribution in [-0.4, -0.2) is 47.8 Å². The van der Waals surface area contributed by atoms with E-state index in [2.05, 4.69) is 11.1 Å². The van der Waals surface area contributed by atoms with Crippen molar-refractivity contribution >= 4 is 40.5 Å². The van der Waals surface area contributed by atoms with Crippen molar-refractivity contribution in [3.8, 4) is 5.75 Å². The van der Waals surface area contributed by atoms with Crippen LogP contribution in [0.3, 0.4) is 0 Å². The molecule has 2 aromatic carbocycles. The second kappa shape index (κ2) is 11.1. The van der Waals surface area contributed by atoms with Crippen LogP contribution in [0.4, 0.5) is 5.69 Å². The molecule has 35 heavy (non-hydrogen) atoms. The first-order valence-corrected chi connectivity index (χ1v) is 13.1. The number of ether oxygens (including phenoxy) is 1. The van der Waals surface area contributed by atoms with E-state index in [9.17, 15) is 9.59 Å². The summed E-state index contributed by atoms with van der Waals surface area (Å²) >= 11 is 1.33. The van der Waals surface area contributed by atoms with Crippen LogP contribution >= 0.6 is 11.8 Å². The Morgan fingerprint density at radius 2 is 1.77 bits per heavy atom. The number of amidine groups is 1. The van der Waals surface area contributed by atoms with Crippen LogP contribution in [-0.2, 0) is 9.59 Å². The average molecular weight is 492 g/mol. The van der Waals surface area contributed by atoms with Gasteiger partial charge in [0, 0.05) is 13.1 Å². The van der Waals surface area contributed by atoms with Crippen molar-refractivity contribution in [2.45, 2.75) is 52.0 Å². The molecule has 0 spiro atoms. The minimum atomic E-state index is -0.193. The quantitative estimate of drug-likeness (QED) is 0.495. The lowest BCUT2D eigenvalue weighted by molar-refractivity contribution is -0.129. The number of benzene rings is 2. The van der Waals surface area contributed by atoms with Crippen LogP contribution in [0.2, 0.25) is 0 Å². The minimum Gasteiger partial charge on any atom is -0.497 e. The average Bonchev–Trinajstić information content (AvgIpc) is 3.17. The van der Waals surface area contributed by atoms with Gasteiger partial charge in [-0.2, -0.15) is 0 Å². The van der Waals surface area contributed by atoms with Gasteiger partial charge in [0.1, 0.15) is 11.4 Å². The Morgan fingerprint density at radius 3 is 2.40 bits per heavy atom. The number of carbonyl (C=O) groups is 2. The number of nitrogens with zero attached hydrogens (tertiary/aromatic N) is 3. The number of hydrogen-bond acceptors (Lipinski definition) is 5. The van der Waals surface area contributed by atoms with Gasteiger partial charge in [-0.1, -0.05) is 49.2 Å². The summed E-state index contributed by atoms with van der Waals surface area (Å²) in [6, 6.07) is 13.8. The fourth-order valence-electron chi connectivity index (χ4n) is 4.66. The molecule has 0 unspecified atom stereocenters. The maximum atomic E-state index is 13.5. The van der Waals surface area contributed by atoms with Gasteiger partial charge >= 0.3 is 0 Å². The highest BCUT2D eigenvalue weighted by atomic mass is 32.2. The first-order chi connectivity index (χ1) is 16.9. The van der Waals surface area contributed by atoms with Crippen molar-refractivity contribution in [1.82, 2.24) is 4.90 Å². The van der Waals surface area contributed by atoms with E-state index >= 15 is 0 Å². The summed E-state index contributed by atoms with van der Waals surface area (Å²) in [6.07, 6.45) is 7.51. The number of rotatable bonds is 6. The molecule has 0 bridgehead atoms. The van der Waals surface area contributed by atoms with Crippen molar-refractivity contribution in [2.75, 3.05) is 24.8 Å². The van der Waals surface area contributed by atoms with E-state index in [1.54, 1.807) is 18.1 Å². The highest BCUT2D eigenvalue weighted by molar-refractivity contribution is 8.14. The van der Waals surface area contributed by atoms with Crippen LogP contribution in [0.1, 0.15) is 48.8 Å². The fraction of sp³-hybridized carbons (Fsp3) is 0.393. The molecule has 2 aromatic rings. The van der Waals surface area contributed by atoms with Gasteiger partial charge in [-0.05, 0) is 73.7 Å². The Balaban J connectivity index is 1.59. The summed E-state index contributed by atoms with van der Waals surface area (Å²) in [5.74, 6) is 0.879. The molecule has 1 fully saturated rings. The Labute approximate surface area is 212 Å². The lowest BCUT2D eigenvalue weighted by atomic mass is 9.94. The van der Waals surface area contributed by atoms with E-state index < -0.39 is 0 Å². The largest absolute Gasteiger partial charge is 0.497 e. The zero-order chi connectivity index (χ0) is 24.9. The first kappa shape index (κ1) is 25.0. The molecule has 1 heterocycles. The summed E-state index contributed by atoms with van der Waals surface area (Å²) in [7, 11) is 3.52. The molecule has 1 aliphatic heterocycles. The van der Waals surface area contributed by atoms with Gasteiger partial charge in [-0.3, -0.25) is 14.5 Å². The molecule has 4 rings (SSSR count). The third kappa shape index (κ3) is 5.96. The molecule has 7 heteroatoms. The molecule has 0 radical (unpaired) electrons. The Kier molecular flexibility index (Phi) is 7.96. The highest BCUT2D eigenvalue weighted by Gasteiger charge is 2.33. The first-order valence-electron chi connectivity index (χ1n) is 12.1. The van der Waals surface area contributed by atoms with Gasteiger partial charge < -0.3 is 9.64 Å². The van der Waals surface area contributed by atoms with Gasteiger partial charge in [0.25, 0.3) is 5.91 Å². The molecule has 6 nitrogen and oxygen atoms in total. The zero-order valence-corrected chi connectivity index (χ0v) is 21.7. The van der Waals surface area contributed by atoms with Crippen LogP contribution in [0.5, 0.6) is 5.75 Å². The third-order valence-electron chi connectivity index (χ3n) is 6.55. The normalized spacial score (nSPS) is 17.6. The van der Waals surface area contributed by atoms with Crippen molar-refractivity contribution in [2.24, 2.45) is 4.99 Å². The molecule has 0 atom stereocenters. The molecule has 1 aliphatic carbocycles. The van der Waals surface area contributed by atoms with Gasteiger partial charge in [0.15, 0.2) is 5.17 Å². The van der Waals surface area contributed by atoms with Gasteiger partial charge in [-0.25, -0.2) is 4.99 Å². The van der Waals surface area contributed by atoms with Crippen molar-refractivity contribution in [3.63, 3.8) is 0 Å². The number of methoxy groups -OCH3 is 1. The number of amides is 2. The van der Waals surface area contributed by atoms with E-state index in [-0.39, 0.29) is 17.6 Å². The summed E-state index contributed by atoms with van der Waals surface area (Å²) in [5, 5.41) is 0.533. The summed E-state index contributed by atoms with van der Waals surface area (Å²) in [5.41, 5.74) is 4.11. The molecular formula is C28H33N3O3S. The SMILES string of the molecule is COc1ccc(/C=C2/N=C(SCC(=O)N(C)C3CCCCC3)N(c3cc(C)cc(C)c3)C2=O)cc1. The molecule has 0 aromatic heterocycles. The number of thioether (sulfide) groups is 1. The summed E-state index contributed by atoms with van der Waals surface area (Å²) in [6.45, 7) is 4.02. The predicted molar refractivity (Wildman–Crippen MR) is 144 cm³/mol. The van der Waals surface area contributed by atoms with Crippen LogP contribution in [0, 0.1) is 13.8 Å². The molecule has 0 saturated heterocycles. The Bertz CT molecular complexity index is 1130. The van der Waals surface area contributed by atoms with Crippen molar-refractivity contribution in [1.29, 1.82) is 0 Å². The lowest BCUT2D eigenvalue weighted by Gasteiger charge is -2.31. The van der Waals surface area contributed by atoms with Gasteiger partial charge in [-0.15, -0.1) is 0 Å². The molecule has 0 N–H and O–H groups in total. The van der Waals surface area contributed by atoms with Crippen molar-refractivity contribution in [3.05, 3.63) is 64.9 Å². The number of anilines is 1. The molecule has 1 saturated carbocycles. The van der Waals surface area contributed by atoms with Gasteiger partial charge in [0.2, 0.25) is 5.91 Å². The number of hydrogen-bond donors (Lipinski definition) is 0. The van der Waals surface area contributed by atoms with E-state index in [0.717, 1.165) is 41.0 Å². The second-order valence-electron chi connectivity index (χ2n) is 9.27. The minimum absolute atomic E-state index is 0.0741. The fourth-order valence-corrected chi connectivity index (χ4v) is 5.60. The highest BCUT2D eigenvalue weighted by Crippen LogP contribution is 2.31. The topological polar surface area (TPSA) is 62.2 Å². The molecule has 2 aliphatic rings. The summed E-state index contributed by atoms with van der Waals surface area (Å²) < 4.78 is 5.23. The molecular weight excluding hydrogens is 458 g/mol. The van der Waals surface area contributed by atoms with Crippen LogP contribution < -0.4 is 9.64 Å². The van der Waals surface area contributed by atoms with E-state index in [1.165, 1.54) is 31.0 Å². The standard InChI is InChI=1S/C28H33N3O3S/c1-19-14-20(2)16-23(15-19)31-27(33)25(17-21-10-12-24(34-4)13-11-21)29-28(31)35-18-26(32)30(3)22-8-6-5-7-9-22/h10-17,22H,5-9,18H2,1-4H3/b25-17+. The van der Waals surface area contributed by atoms with Gasteiger partial charge in [0.05, 0.1) is 18.6 Å². The lowest BCUT2D eigenvalue weighted by Crippen LogP contribution is -2.40. The third-order valence-corrected chi connectivity index (χ3v) is 7.48. The maximum absolute atomic E-state index is 13.5. The molecule has 184 valence electrons. The Morgan fingerprint density at radius 1 is 1.11 bits per heavy atom. The van der Waals surface area contributed by atoms with Crippen molar-refractivity contribution < 1.29 is 14.3 Å².